The summed E-state index contributed by atoms with van der Waals surface area (Å²) in [6, 6.07) is 0. The summed E-state index contributed by atoms with van der Waals surface area (Å²) in [7, 11) is 0. The van der Waals surface area contributed by atoms with Crippen molar-refractivity contribution in [3.05, 3.63) is 23.3 Å². The van der Waals surface area contributed by atoms with Crippen molar-refractivity contribution in [3.8, 4) is 0 Å². The molecule has 0 aromatic carbocycles. The quantitative estimate of drug-likeness (QED) is 0.602. The highest BCUT2D eigenvalue weighted by Crippen LogP contribution is 2.42. The van der Waals surface area contributed by atoms with Crippen LogP contribution in [-0.4, -0.2) is 0 Å². The highest BCUT2D eigenvalue weighted by Gasteiger charge is 2.27. The van der Waals surface area contributed by atoms with Crippen LogP contribution < -0.4 is 0 Å². The molecule has 78 valence electrons. The molecule has 1 fully saturated rings. The van der Waals surface area contributed by atoms with Crippen LogP contribution in [0.4, 0.5) is 0 Å². The lowest BCUT2D eigenvalue weighted by atomic mass is 9.71. The highest BCUT2D eigenvalue weighted by atomic mass is 14.3. The van der Waals surface area contributed by atoms with Crippen LogP contribution in [0.25, 0.3) is 0 Å². The molecule has 0 amide bonds. The fourth-order valence-electron chi connectivity index (χ4n) is 3.01. The molecular weight excluding hydrogens is 168 g/mol. The van der Waals surface area contributed by atoms with E-state index >= 15 is 0 Å². The van der Waals surface area contributed by atoms with Crippen LogP contribution >= 0.6 is 0 Å². The van der Waals surface area contributed by atoms with Gasteiger partial charge in [-0.05, 0) is 55.1 Å². The van der Waals surface area contributed by atoms with E-state index < -0.39 is 0 Å². The van der Waals surface area contributed by atoms with E-state index in [1.54, 1.807) is 11.1 Å². The maximum absolute atomic E-state index is 2.52. The first kappa shape index (κ1) is 10.0. The van der Waals surface area contributed by atoms with Crippen molar-refractivity contribution in [2.24, 2.45) is 11.8 Å². The van der Waals surface area contributed by atoms with E-state index in [0.29, 0.717) is 0 Å². The van der Waals surface area contributed by atoms with Crippen molar-refractivity contribution >= 4 is 0 Å². The van der Waals surface area contributed by atoms with Crippen LogP contribution in [0.3, 0.4) is 0 Å². The second-order valence-corrected chi connectivity index (χ2v) is 4.86. The number of hydrogen-bond donors (Lipinski definition) is 0. The molecule has 14 heavy (non-hydrogen) atoms. The van der Waals surface area contributed by atoms with Gasteiger partial charge in [0.05, 0.1) is 0 Å². The lowest BCUT2D eigenvalue weighted by molar-refractivity contribution is 0.406. The van der Waals surface area contributed by atoms with E-state index in [1.807, 2.05) is 0 Å². The molecule has 0 spiro atoms. The normalized spacial score (nSPS) is 31.9. The molecule has 2 aliphatic rings. The van der Waals surface area contributed by atoms with Gasteiger partial charge < -0.3 is 0 Å². The van der Waals surface area contributed by atoms with Gasteiger partial charge in [-0.25, -0.2) is 0 Å². The summed E-state index contributed by atoms with van der Waals surface area (Å²) < 4.78 is 0. The standard InChI is InChI=1S/C14H22/c1-3-6-12-10-9-11(2)13-7-4-5-8-14(12)13/h7-8,11-12H,3-6,9-10H2,1-2H3/t11?,12-/m1/s1. The maximum atomic E-state index is 2.52. The van der Waals surface area contributed by atoms with Gasteiger partial charge in [0, 0.05) is 0 Å². The van der Waals surface area contributed by atoms with Gasteiger partial charge in [-0.1, -0.05) is 32.4 Å². The molecule has 0 bridgehead atoms. The summed E-state index contributed by atoms with van der Waals surface area (Å²) in [4.78, 5) is 0. The summed E-state index contributed by atoms with van der Waals surface area (Å²) >= 11 is 0. The molecule has 1 saturated carbocycles. The van der Waals surface area contributed by atoms with E-state index in [-0.39, 0.29) is 0 Å². The van der Waals surface area contributed by atoms with Crippen molar-refractivity contribution in [2.75, 3.05) is 0 Å². The van der Waals surface area contributed by atoms with Gasteiger partial charge in [0.15, 0.2) is 0 Å². The van der Waals surface area contributed by atoms with Gasteiger partial charge >= 0.3 is 0 Å². The predicted molar refractivity (Wildman–Crippen MR) is 62.2 cm³/mol. The Balaban J connectivity index is 2.17. The number of fused-ring (bicyclic) bond motifs is 1. The lowest BCUT2D eigenvalue weighted by Crippen LogP contribution is -2.20. The number of hydrogen-bond acceptors (Lipinski definition) is 0. The Morgan fingerprint density at radius 3 is 2.57 bits per heavy atom. The van der Waals surface area contributed by atoms with Crippen LogP contribution in [0.2, 0.25) is 0 Å². The minimum Gasteiger partial charge on any atom is -0.0805 e. The van der Waals surface area contributed by atoms with Crippen LogP contribution in [0.5, 0.6) is 0 Å². The Morgan fingerprint density at radius 1 is 1.14 bits per heavy atom. The molecule has 0 saturated heterocycles. The summed E-state index contributed by atoms with van der Waals surface area (Å²) in [6.07, 6.45) is 13.2. The molecule has 2 aliphatic carbocycles. The van der Waals surface area contributed by atoms with Crippen LogP contribution in [0, 0.1) is 11.8 Å². The van der Waals surface area contributed by atoms with Crippen molar-refractivity contribution in [3.63, 3.8) is 0 Å². The van der Waals surface area contributed by atoms with E-state index in [4.69, 9.17) is 0 Å². The topological polar surface area (TPSA) is 0 Å². The fourth-order valence-corrected chi connectivity index (χ4v) is 3.01. The second-order valence-electron chi connectivity index (χ2n) is 4.86. The average Bonchev–Trinajstić information content (AvgIpc) is 2.23. The van der Waals surface area contributed by atoms with Gasteiger partial charge in [0.2, 0.25) is 0 Å². The average molecular weight is 190 g/mol. The third kappa shape index (κ3) is 1.80. The predicted octanol–water partition coefficient (Wildman–Crippen LogP) is 4.48. The first-order valence-corrected chi connectivity index (χ1v) is 6.23. The molecule has 2 atom stereocenters. The molecule has 0 aromatic rings. The van der Waals surface area contributed by atoms with E-state index in [9.17, 15) is 0 Å². The maximum Gasteiger partial charge on any atom is -0.0162 e. The van der Waals surface area contributed by atoms with Gasteiger partial charge in [-0.2, -0.15) is 0 Å². The van der Waals surface area contributed by atoms with E-state index in [0.717, 1.165) is 11.8 Å². The Kier molecular flexibility index (Phi) is 3.10. The molecule has 0 heterocycles. The first-order valence-electron chi connectivity index (χ1n) is 6.23. The molecular formula is C14H22. The Labute approximate surface area is 88.1 Å². The zero-order chi connectivity index (χ0) is 9.97. The van der Waals surface area contributed by atoms with Gasteiger partial charge in [-0.15, -0.1) is 0 Å². The van der Waals surface area contributed by atoms with Crippen molar-refractivity contribution in [2.45, 2.75) is 52.4 Å². The molecule has 1 unspecified atom stereocenters. The lowest BCUT2D eigenvalue weighted by Gasteiger charge is -2.34. The van der Waals surface area contributed by atoms with Crippen molar-refractivity contribution in [1.29, 1.82) is 0 Å². The van der Waals surface area contributed by atoms with Gasteiger partial charge in [-0.3, -0.25) is 0 Å². The Hall–Kier alpha value is -0.520. The molecule has 0 aromatic heterocycles. The number of rotatable bonds is 2. The summed E-state index contributed by atoms with van der Waals surface area (Å²) in [5.41, 5.74) is 3.41. The van der Waals surface area contributed by atoms with Gasteiger partial charge in [0.1, 0.15) is 0 Å². The van der Waals surface area contributed by atoms with Gasteiger partial charge in [0.25, 0.3) is 0 Å². The summed E-state index contributed by atoms with van der Waals surface area (Å²) in [5.74, 6) is 1.72. The molecule has 0 nitrogen and oxygen atoms in total. The molecule has 0 heteroatoms. The van der Waals surface area contributed by atoms with Crippen molar-refractivity contribution < 1.29 is 0 Å². The zero-order valence-corrected chi connectivity index (χ0v) is 9.55. The smallest absolute Gasteiger partial charge is 0.0162 e. The summed E-state index contributed by atoms with van der Waals surface area (Å²) in [5, 5.41) is 0. The van der Waals surface area contributed by atoms with Crippen LogP contribution in [-0.2, 0) is 0 Å². The molecule has 0 aliphatic heterocycles. The monoisotopic (exact) mass is 190 g/mol. The fraction of sp³-hybridized carbons (Fsp3) is 0.714. The SMILES string of the molecule is CCC[C@@H]1CCC(C)C2=CCCC=C21. The molecule has 0 N–H and O–H groups in total. The van der Waals surface area contributed by atoms with E-state index in [2.05, 4.69) is 26.0 Å². The van der Waals surface area contributed by atoms with Crippen LogP contribution in [0.1, 0.15) is 52.4 Å². The Morgan fingerprint density at radius 2 is 1.86 bits per heavy atom. The third-order valence-corrected chi connectivity index (χ3v) is 3.78. The first-order chi connectivity index (χ1) is 6.83. The highest BCUT2D eigenvalue weighted by molar-refractivity contribution is 5.38. The zero-order valence-electron chi connectivity index (χ0n) is 9.55. The van der Waals surface area contributed by atoms with Crippen molar-refractivity contribution in [1.82, 2.24) is 0 Å². The third-order valence-electron chi connectivity index (χ3n) is 3.78. The molecule has 0 radical (unpaired) electrons. The molecule has 2 rings (SSSR count). The number of allylic oxidation sites excluding steroid dienone is 4. The Bertz CT molecular complexity index is 257. The second kappa shape index (κ2) is 4.33. The van der Waals surface area contributed by atoms with E-state index in [1.165, 1.54) is 38.5 Å². The summed E-state index contributed by atoms with van der Waals surface area (Å²) in [6.45, 7) is 4.71. The minimum atomic E-state index is 0.828. The largest absolute Gasteiger partial charge is 0.0805 e. The minimum absolute atomic E-state index is 0.828. The van der Waals surface area contributed by atoms with Crippen LogP contribution in [0.15, 0.2) is 23.3 Å².